The third-order valence-electron chi connectivity index (χ3n) is 4.75. The van der Waals surface area contributed by atoms with E-state index in [1.807, 2.05) is 20.8 Å². The minimum absolute atomic E-state index is 0.0287. The molecule has 0 aliphatic rings. The molecule has 126 valence electrons. The van der Waals surface area contributed by atoms with Crippen molar-refractivity contribution in [1.29, 1.82) is 0 Å². The Balaban J connectivity index is 2.89. The van der Waals surface area contributed by atoms with Crippen molar-refractivity contribution in [2.75, 3.05) is 0 Å². The lowest BCUT2D eigenvalue weighted by Crippen LogP contribution is -2.36. The van der Waals surface area contributed by atoms with Crippen molar-refractivity contribution in [1.82, 2.24) is 9.97 Å². The molecule has 0 aromatic carbocycles. The molecule has 0 fully saturated rings. The van der Waals surface area contributed by atoms with Gasteiger partial charge in [0.15, 0.2) is 11.3 Å². The van der Waals surface area contributed by atoms with Gasteiger partial charge in [-0.1, -0.05) is 34.6 Å². The summed E-state index contributed by atoms with van der Waals surface area (Å²) in [5.74, 6) is -0.557. The highest BCUT2D eigenvalue weighted by Crippen LogP contribution is 2.46. The van der Waals surface area contributed by atoms with Gasteiger partial charge in [0.05, 0.1) is 5.69 Å². The van der Waals surface area contributed by atoms with Crippen molar-refractivity contribution >= 4 is 11.0 Å². The fraction of sp³-hybridized carbons (Fsp3) is 0.529. The molecular formula is C17H20F4N2. The van der Waals surface area contributed by atoms with Crippen LogP contribution in [0.15, 0.2) is 12.1 Å². The van der Waals surface area contributed by atoms with E-state index in [2.05, 4.69) is 9.97 Å². The van der Waals surface area contributed by atoms with Gasteiger partial charge in [-0.3, -0.25) is 0 Å². The van der Waals surface area contributed by atoms with Gasteiger partial charge in [-0.05, 0) is 35.4 Å². The molecule has 2 aromatic rings. The maximum absolute atomic E-state index is 13.7. The number of hydrogen-bond donors (Lipinski definition) is 0. The third-order valence-corrected chi connectivity index (χ3v) is 4.75. The Morgan fingerprint density at radius 1 is 0.913 bits per heavy atom. The Morgan fingerprint density at radius 3 is 1.96 bits per heavy atom. The summed E-state index contributed by atoms with van der Waals surface area (Å²) in [6, 6.07) is 2.55. The molecule has 2 rings (SSSR count). The summed E-state index contributed by atoms with van der Waals surface area (Å²) in [6.07, 6.45) is -4.60. The lowest BCUT2D eigenvalue weighted by Gasteiger charge is -2.40. The molecule has 2 nitrogen and oxygen atoms in total. The molecule has 23 heavy (non-hydrogen) atoms. The molecule has 2 heterocycles. The Hall–Kier alpha value is -1.72. The van der Waals surface area contributed by atoms with E-state index < -0.39 is 28.5 Å². The summed E-state index contributed by atoms with van der Waals surface area (Å²) in [6.45, 7) is 10.5. The first-order chi connectivity index (χ1) is 10.2. The van der Waals surface area contributed by atoms with Crippen LogP contribution in [0.1, 0.15) is 51.6 Å². The standard InChI is InChI=1S/C17H20F4N2/c1-9-12(18)8-10-7-11(16(5,6)15(2,3)4)13(17(19,20)21)23-14(10)22-9/h7-8H,1-6H3. The van der Waals surface area contributed by atoms with E-state index in [9.17, 15) is 17.6 Å². The summed E-state index contributed by atoms with van der Waals surface area (Å²) in [5.41, 5.74) is -2.23. The first-order valence-electron chi connectivity index (χ1n) is 7.31. The van der Waals surface area contributed by atoms with Gasteiger partial charge in [0.1, 0.15) is 5.82 Å². The second-order valence-corrected chi connectivity index (χ2v) is 7.36. The van der Waals surface area contributed by atoms with Crippen LogP contribution in [-0.4, -0.2) is 9.97 Å². The molecule has 6 heteroatoms. The van der Waals surface area contributed by atoms with Gasteiger partial charge in [0.2, 0.25) is 0 Å². The zero-order valence-corrected chi connectivity index (χ0v) is 14.1. The molecule has 0 aliphatic heterocycles. The average Bonchev–Trinajstić information content (AvgIpc) is 2.36. The summed E-state index contributed by atoms with van der Waals surface area (Å²) in [7, 11) is 0. The number of fused-ring (bicyclic) bond motifs is 1. The van der Waals surface area contributed by atoms with E-state index >= 15 is 0 Å². The minimum atomic E-state index is -4.60. The van der Waals surface area contributed by atoms with Crippen LogP contribution < -0.4 is 0 Å². The molecule has 0 amide bonds. The maximum Gasteiger partial charge on any atom is 0.433 e. The van der Waals surface area contributed by atoms with E-state index in [-0.39, 0.29) is 22.3 Å². The van der Waals surface area contributed by atoms with Crippen LogP contribution in [0.3, 0.4) is 0 Å². The fourth-order valence-corrected chi connectivity index (χ4v) is 2.26. The predicted molar refractivity (Wildman–Crippen MR) is 81.7 cm³/mol. The molecule has 0 unspecified atom stereocenters. The zero-order valence-electron chi connectivity index (χ0n) is 14.1. The summed E-state index contributed by atoms with van der Waals surface area (Å²) in [5, 5.41) is 0.272. The van der Waals surface area contributed by atoms with Gasteiger partial charge in [0, 0.05) is 5.39 Å². The predicted octanol–water partition coefficient (Wildman–Crippen LogP) is 5.42. The summed E-state index contributed by atoms with van der Waals surface area (Å²) < 4.78 is 54.3. The van der Waals surface area contributed by atoms with Crippen molar-refractivity contribution in [3.05, 3.63) is 34.9 Å². The van der Waals surface area contributed by atoms with E-state index in [1.54, 1.807) is 13.8 Å². The lowest BCUT2D eigenvalue weighted by atomic mass is 9.64. The highest BCUT2D eigenvalue weighted by molar-refractivity contribution is 5.76. The number of pyridine rings is 2. The van der Waals surface area contributed by atoms with Crippen LogP contribution in [0.4, 0.5) is 17.6 Å². The second kappa shape index (κ2) is 5.14. The lowest BCUT2D eigenvalue weighted by molar-refractivity contribution is -0.142. The Bertz CT molecular complexity index is 756. The van der Waals surface area contributed by atoms with Gasteiger partial charge in [-0.15, -0.1) is 0 Å². The minimum Gasteiger partial charge on any atom is -0.230 e. The number of nitrogens with zero attached hydrogens (tertiary/aromatic N) is 2. The molecule has 0 spiro atoms. The van der Waals surface area contributed by atoms with Crippen molar-refractivity contribution in [2.45, 2.75) is 53.1 Å². The van der Waals surface area contributed by atoms with Gasteiger partial charge in [0.25, 0.3) is 0 Å². The van der Waals surface area contributed by atoms with E-state index in [0.717, 1.165) is 0 Å². The maximum atomic E-state index is 13.7. The van der Waals surface area contributed by atoms with E-state index in [0.29, 0.717) is 0 Å². The van der Waals surface area contributed by atoms with Crippen LogP contribution in [0.25, 0.3) is 11.0 Å². The summed E-state index contributed by atoms with van der Waals surface area (Å²) in [4.78, 5) is 7.57. The third kappa shape index (κ3) is 3.03. The Labute approximate surface area is 132 Å². The second-order valence-electron chi connectivity index (χ2n) is 7.36. The largest absolute Gasteiger partial charge is 0.433 e. The van der Waals surface area contributed by atoms with Crippen molar-refractivity contribution < 1.29 is 17.6 Å². The molecule has 0 radical (unpaired) electrons. The average molecular weight is 328 g/mol. The normalized spacial score (nSPS) is 13.7. The molecule has 0 N–H and O–H groups in total. The Kier molecular flexibility index (Phi) is 3.94. The molecule has 0 saturated carbocycles. The quantitative estimate of drug-likeness (QED) is 0.653. The van der Waals surface area contributed by atoms with E-state index in [1.165, 1.54) is 19.1 Å². The highest BCUT2D eigenvalue weighted by Gasteiger charge is 2.44. The van der Waals surface area contributed by atoms with Crippen LogP contribution >= 0.6 is 0 Å². The van der Waals surface area contributed by atoms with Crippen LogP contribution in [0.5, 0.6) is 0 Å². The van der Waals surface area contributed by atoms with Crippen LogP contribution in [0.2, 0.25) is 0 Å². The van der Waals surface area contributed by atoms with Crippen LogP contribution in [-0.2, 0) is 11.6 Å². The molecule has 0 atom stereocenters. The summed E-state index contributed by atoms with van der Waals surface area (Å²) >= 11 is 0. The first-order valence-corrected chi connectivity index (χ1v) is 7.31. The number of aryl methyl sites for hydroxylation is 1. The topological polar surface area (TPSA) is 25.8 Å². The highest BCUT2D eigenvalue weighted by atomic mass is 19.4. The van der Waals surface area contributed by atoms with Gasteiger partial charge < -0.3 is 0 Å². The number of halogens is 4. The van der Waals surface area contributed by atoms with Crippen molar-refractivity contribution in [3.63, 3.8) is 0 Å². The first kappa shape index (κ1) is 17.6. The molecular weight excluding hydrogens is 308 g/mol. The van der Waals surface area contributed by atoms with Gasteiger partial charge in [-0.2, -0.15) is 13.2 Å². The SMILES string of the molecule is Cc1nc2nc(C(F)(F)F)c(C(C)(C)C(C)(C)C)cc2cc1F. The fourth-order valence-electron chi connectivity index (χ4n) is 2.26. The monoisotopic (exact) mass is 328 g/mol. The number of aromatic nitrogens is 2. The van der Waals surface area contributed by atoms with Crippen molar-refractivity contribution in [3.8, 4) is 0 Å². The van der Waals surface area contributed by atoms with Crippen LogP contribution in [0, 0.1) is 18.2 Å². The smallest absolute Gasteiger partial charge is 0.230 e. The van der Waals surface area contributed by atoms with E-state index in [4.69, 9.17) is 0 Å². The molecule has 0 aliphatic carbocycles. The molecule has 0 saturated heterocycles. The zero-order chi connectivity index (χ0) is 17.8. The molecule has 2 aromatic heterocycles. The van der Waals surface area contributed by atoms with Crippen molar-refractivity contribution in [2.24, 2.45) is 5.41 Å². The van der Waals surface area contributed by atoms with Gasteiger partial charge in [-0.25, -0.2) is 14.4 Å². The molecule has 0 bridgehead atoms. The Morgan fingerprint density at radius 2 is 1.48 bits per heavy atom. The number of alkyl halides is 3. The number of rotatable bonds is 1. The van der Waals surface area contributed by atoms with Gasteiger partial charge >= 0.3 is 6.18 Å². The number of hydrogen-bond acceptors (Lipinski definition) is 2.